The molecule has 1 aliphatic rings. The van der Waals surface area contributed by atoms with Gasteiger partial charge >= 0.3 is 0 Å². The van der Waals surface area contributed by atoms with Crippen molar-refractivity contribution in [2.75, 3.05) is 31.5 Å². The van der Waals surface area contributed by atoms with Crippen molar-refractivity contribution in [3.63, 3.8) is 0 Å². The maximum Gasteiger partial charge on any atom is 0.238 e. The molecule has 1 heterocycles. The van der Waals surface area contributed by atoms with Gasteiger partial charge in [-0.15, -0.1) is 0 Å². The van der Waals surface area contributed by atoms with Gasteiger partial charge in [0.1, 0.15) is 0 Å². The van der Waals surface area contributed by atoms with Crippen LogP contribution in [0.3, 0.4) is 0 Å². The van der Waals surface area contributed by atoms with E-state index in [-0.39, 0.29) is 10.8 Å². The molecule has 7 nitrogen and oxygen atoms in total. The fourth-order valence-electron chi connectivity index (χ4n) is 4.16. The Morgan fingerprint density at radius 1 is 1.19 bits per heavy atom. The molecular formula is C23H32N4O3S. The van der Waals surface area contributed by atoms with Gasteiger partial charge in [-0.25, -0.2) is 13.6 Å². The highest BCUT2D eigenvalue weighted by atomic mass is 32.2. The van der Waals surface area contributed by atoms with Crippen molar-refractivity contribution in [1.82, 2.24) is 9.80 Å². The van der Waals surface area contributed by atoms with Crippen LogP contribution in [-0.2, 0) is 14.8 Å². The zero-order valence-electron chi connectivity index (χ0n) is 18.2. The predicted octanol–water partition coefficient (Wildman–Crippen LogP) is 2.82. The molecule has 1 fully saturated rings. The average Bonchev–Trinajstić information content (AvgIpc) is 3.24. The summed E-state index contributed by atoms with van der Waals surface area (Å²) in [6.07, 6.45) is 1.48. The summed E-state index contributed by atoms with van der Waals surface area (Å²) in [4.78, 5) is 17.3. The van der Waals surface area contributed by atoms with Gasteiger partial charge in [0.05, 0.1) is 4.90 Å². The molecule has 1 saturated heterocycles. The molecule has 0 spiro atoms. The molecule has 2 unspecified atom stereocenters. The van der Waals surface area contributed by atoms with Crippen LogP contribution < -0.4 is 10.5 Å². The van der Waals surface area contributed by atoms with Gasteiger partial charge in [-0.2, -0.15) is 0 Å². The molecule has 2 atom stereocenters. The van der Waals surface area contributed by atoms with Crippen LogP contribution in [0.4, 0.5) is 5.69 Å². The summed E-state index contributed by atoms with van der Waals surface area (Å²) < 4.78 is 22.7. The minimum Gasteiger partial charge on any atom is -0.326 e. The number of benzene rings is 2. The lowest BCUT2D eigenvalue weighted by Gasteiger charge is -2.29. The molecule has 31 heavy (non-hydrogen) atoms. The third-order valence-electron chi connectivity index (χ3n) is 6.04. The predicted molar refractivity (Wildman–Crippen MR) is 123 cm³/mol. The maximum absolute atomic E-state index is 12.4. The number of nitrogens with two attached hydrogens (primary N) is 1. The lowest BCUT2D eigenvalue weighted by molar-refractivity contribution is -0.116. The number of sulfonamides is 1. The Hall–Kier alpha value is -2.26. The summed E-state index contributed by atoms with van der Waals surface area (Å²) in [5.74, 6) is -0.0886. The number of likely N-dealkylation sites (tertiary alicyclic amines) is 1. The molecule has 0 aliphatic carbocycles. The molecule has 168 valence electrons. The molecule has 0 aromatic heterocycles. The summed E-state index contributed by atoms with van der Waals surface area (Å²) >= 11 is 0. The van der Waals surface area contributed by atoms with Gasteiger partial charge in [0, 0.05) is 43.8 Å². The monoisotopic (exact) mass is 444 g/mol. The van der Waals surface area contributed by atoms with E-state index in [1.54, 1.807) is 12.1 Å². The number of hydrogen-bond donors (Lipinski definition) is 2. The van der Waals surface area contributed by atoms with Gasteiger partial charge < -0.3 is 5.32 Å². The van der Waals surface area contributed by atoms with Gasteiger partial charge in [0.15, 0.2) is 0 Å². The van der Waals surface area contributed by atoms with Crippen molar-refractivity contribution in [3.05, 3.63) is 60.2 Å². The van der Waals surface area contributed by atoms with Crippen LogP contribution in [-0.4, -0.2) is 56.3 Å². The Balaban J connectivity index is 1.49. The highest BCUT2D eigenvalue weighted by Gasteiger charge is 2.30. The third-order valence-corrected chi connectivity index (χ3v) is 6.97. The second-order valence-electron chi connectivity index (χ2n) is 8.02. The van der Waals surface area contributed by atoms with E-state index in [0.29, 0.717) is 30.7 Å². The van der Waals surface area contributed by atoms with Crippen molar-refractivity contribution in [1.29, 1.82) is 0 Å². The van der Waals surface area contributed by atoms with E-state index in [1.807, 2.05) is 6.07 Å². The Labute approximate surface area is 185 Å². The molecule has 0 bridgehead atoms. The molecule has 0 saturated carbocycles. The van der Waals surface area contributed by atoms with E-state index in [9.17, 15) is 13.2 Å². The van der Waals surface area contributed by atoms with E-state index in [4.69, 9.17) is 5.14 Å². The second-order valence-corrected chi connectivity index (χ2v) is 9.58. The Morgan fingerprint density at radius 2 is 1.87 bits per heavy atom. The normalized spacial score (nSPS) is 18.3. The van der Waals surface area contributed by atoms with E-state index < -0.39 is 10.0 Å². The number of amides is 1. The van der Waals surface area contributed by atoms with Gasteiger partial charge in [-0.1, -0.05) is 37.3 Å². The minimum atomic E-state index is -3.73. The van der Waals surface area contributed by atoms with Gasteiger partial charge in [0.2, 0.25) is 15.9 Å². The SMILES string of the molecule is CCN(CCC(=O)Nc1ccc(S(N)(=O)=O)cc1)C1CCN(C(C)c2ccccc2)C1. The summed E-state index contributed by atoms with van der Waals surface area (Å²) in [6, 6.07) is 17.3. The van der Waals surface area contributed by atoms with Crippen molar-refractivity contribution < 1.29 is 13.2 Å². The fourth-order valence-corrected chi connectivity index (χ4v) is 4.67. The number of anilines is 1. The molecule has 2 aromatic rings. The smallest absolute Gasteiger partial charge is 0.238 e. The van der Waals surface area contributed by atoms with Crippen molar-refractivity contribution in [3.8, 4) is 0 Å². The molecule has 0 radical (unpaired) electrons. The van der Waals surface area contributed by atoms with Crippen LogP contribution in [0.2, 0.25) is 0 Å². The molecule has 3 N–H and O–H groups in total. The number of likely N-dealkylation sites (N-methyl/N-ethyl adjacent to an activating group) is 1. The average molecular weight is 445 g/mol. The molecule has 8 heteroatoms. The summed E-state index contributed by atoms with van der Waals surface area (Å²) in [5.41, 5.74) is 1.89. The lowest BCUT2D eigenvalue weighted by atomic mass is 10.1. The van der Waals surface area contributed by atoms with Crippen LogP contribution in [0.25, 0.3) is 0 Å². The highest BCUT2D eigenvalue weighted by Crippen LogP contribution is 2.26. The Morgan fingerprint density at radius 3 is 2.48 bits per heavy atom. The summed E-state index contributed by atoms with van der Waals surface area (Å²) in [7, 11) is -3.73. The standard InChI is InChI=1S/C23H32N4O3S/c1-3-26(21-13-15-27(17-21)18(2)19-7-5-4-6-8-19)16-14-23(28)25-20-9-11-22(12-10-20)31(24,29)30/h4-12,18,21H,3,13-17H2,1-2H3,(H,25,28)(H2,24,29,30). The van der Waals surface area contributed by atoms with Crippen LogP contribution in [0.1, 0.15) is 38.3 Å². The third kappa shape index (κ3) is 6.36. The van der Waals surface area contributed by atoms with Crippen molar-refractivity contribution in [2.45, 2.75) is 43.7 Å². The number of nitrogens with one attached hydrogen (secondary N) is 1. The number of carbonyl (C=O) groups excluding carboxylic acids is 1. The first-order chi connectivity index (χ1) is 14.8. The molecule has 1 aliphatic heterocycles. The summed E-state index contributed by atoms with van der Waals surface area (Å²) in [6.45, 7) is 8.03. The van der Waals surface area contributed by atoms with Crippen LogP contribution in [0, 0.1) is 0 Å². The number of carbonyl (C=O) groups is 1. The zero-order valence-corrected chi connectivity index (χ0v) is 19.0. The maximum atomic E-state index is 12.4. The van der Waals surface area contributed by atoms with Crippen molar-refractivity contribution >= 4 is 21.6 Å². The van der Waals surface area contributed by atoms with Gasteiger partial charge in [-0.3, -0.25) is 14.6 Å². The van der Waals surface area contributed by atoms with Crippen molar-refractivity contribution in [2.24, 2.45) is 5.14 Å². The van der Waals surface area contributed by atoms with E-state index in [2.05, 4.69) is 53.2 Å². The fraction of sp³-hybridized carbons (Fsp3) is 0.435. The largest absolute Gasteiger partial charge is 0.326 e. The van der Waals surface area contributed by atoms with Crippen LogP contribution in [0.5, 0.6) is 0 Å². The topological polar surface area (TPSA) is 95.7 Å². The highest BCUT2D eigenvalue weighted by molar-refractivity contribution is 7.89. The lowest BCUT2D eigenvalue weighted by Crippen LogP contribution is -2.39. The number of hydrogen-bond acceptors (Lipinski definition) is 5. The van der Waals surface area contributed by atoms with E-state index in [1.165, 1.54) is 17.7 Å². The first-order valence-electron chi connectivity index (χ1n) is 10.7. The summed E-state index contributed by atoms with van der Waals surface area (Å²) in [5, 5.41) is 7.93. The number of nitrogens with zero attached hydrogens (tertiary/aromatic N) is 2. The second kappa shape index (κ2) is 10.4. The molecule has 1 amide bonds. The first kappa shape index (κ1) is 23.4. The molecular weight excluding hydrogens is 412 g/mol. The van der Waals surface area contributed by atoms with Gasteiger partial charge in [0.25, 0.3) is 0 Å². The van der Waals surface area contributed by atoms with Gasteiger partial charge in [-0.05, 0) is 49.7 Å². The first-order valence-corrected chi connectivity index (χ1v) is 12.3. The minimum absolute atomic E-state index is 0.0261. The number of primary sulfonamides is 1. The van der Waals surface area contributed by atoms with Crippen LogP contribution in [0.15, 0.2) is 59.5 Å². The van der Waals surface area contributed by atoms with Crippen LogP contribution >= 0.6 is 0 Å². The molecule has 3 rings (SSSR count). The Bertz CT molecular complexity index is 964. The number of rotatable bonds is 9. The quantitative estimate of drug-likeness (QED) is 0.620. The Kier molecular flexibility index (Phi) is 7.83. The zero-order chi connectivity index (χ0) is 22.4. The van der Waals surface area contributed by atoms with E-state index >= 15 is 0 Å². The van der Waals surface area contributed by atoms with E-state index in [0.717, 1.165) is 26.1 Å². The molecule has 2 aromatic carbocycles.